The molecule has 0 fully saturated rings. The number of carboxylic acid groups (broad SMARTS) is 2. The van der Waals surface area contributed by atoms with Gasteiger partial charge in [0.2, 0.25) is 0 Å². The van der Waals surface area contributed by atoms with Crippen molar-refractivity contribution in [1.82, 2.24) is 0 Å². The summed E-state index contributed by atoms with van der Waals surface area (Å²) in [6.45, 7) is 4.04. The maximum Gasteiger partial charge on any atom is 1.00 e. The first-order chi connectivity index (χ1) is 8.43. The van der Waals surface area contributed by atoms with Gasteiger partial charge in [0.05, 0.1) is 11.1 Å². The molecule has 1 unspecified atom stereocenters. The maximum atomic E-state index is 10.5. The maximum absolute atomic E-state index is 10.5. The normalized spacial score (nSPS) is 10.5. The Bertz CT molecular complexity index is 372. The molecule has 0 saturated heterocycles. The van der Waals surface area contributed by atoms with E-state index in [1.807, 2.05) is 13.3 Å². The molecule has 110 valence electrons. The molecule has 0 radical (unpaired) electrons. The van der Waals surface area contributed by atoms with Crippen molar-refractivity contribution in [2.24, 2.45) is 0 Å². The summed E-state index contributed by atoms with van der Waals surface area (Å²) in [5.41, 5.74) is -0.380. The summed E-state index contributed by atoms with van der Waals surface area (Å²) >= 11 is 5.59. The van der Waals surface area contributed by atoms with Crippen molar-refractivity contribution in [3.63, 3.8) is 0 Å². The summed E-state index contributed by atoms with van der Waals surface area (Å²) in [5.74, 6) is -2.46. The minimum absolute atomic E-state index is 0. The van der Waals surface area contributed by atoms with Gasteiger partial charge in [-0.3, -0.25) is 0 Å². The Hall–Kier alpha value is -1.03. The van der Waals surface area contributed by atoms with Crippen LogP contribution < -0.4 is 0 Å². The average molecular weight is 335 g/mol. The number of carbonyl (C=O) groups is 2. The van der Waals surface area contributed by atoms with Gasteiger partial charge in [-0.25, -0.2) is 9.59 Å². The third-order valence-corrected chi connectivity index (χ3v) is 2.70. The standard InChI is InChI=1S/C8H6O4.C5H10Cl.Cu/c9-7(10)5-3-1-2-4-6(5)8(11)12;1-3-5(6)4-2;/h1-4H,(H,9,10)(H,11,12);3,5H,4H2,1-2H3;/q;-1;+1. The van der Waals surface area contributed by atoms with Crippen LogP contribution in [-0.2, 0) is 17.1 Å². The molecule has 0 bridgehead atoms. The molecule has 1 aromatic rings. The Morgan fingerprint density at radius 2 is 1.58 bits per heavy atom. The fourth-order valence-corrected chi connectivity index (χ4v) is 1.09. The fourth-order valence-electron chi connectivity index (χ4n) is 1.09. The fraction of sp³-hybridized carbons (Fsp3) is 0.308. The zero-order valence-corrected chi connectivity index (χ0v) is 12.3. The number of halogens is 1. The predicted octanol–water partition coefficient (Wildman–Crippen LogP) is 3.31. The Morgan fingerprint density at radius 1 is 1.21 bits per heavy atom. The summed E-state index contributed by atoms with van der Waals surface area (Å²) in [4.78, 5) is 20.9. The van der Waals surface area contributed by atoms with Crippen molar-refractivity contribution in [3.05, 3.63) is 41.8 Å². The van der Waals surface area contributed by atoms with Gasteiger partial charge in [0.15, 0.2) is 0 Å². The van der Waals surface area contributed by atoms with Gasteiger partial charge in [0.1, 0.15) is 0 Å². The molecule has 4 nitrogen and oxygen atoms in total. The van der Waals surface area contributed by atoms with Gasteiger partial charge in [-0.1, -0.05) is 30.9 Å². The summed E-state index contributed by atoms with van der Waals surface area (Å²) in [6.07, 6.45) is 3.03. The molecule has 1 aromatic carbocycles. The van der Waals surface area contributed by atoms with E-state index in [0.717, 1.165) is 6.42 Å². The molecular weight excluding hydrogens is 319 g/mol. The summed E-state index contributed by atoms with van der Waals surface area (Å²) in [6, 6.07) is 5.48. The quantitative estimate of drug-likeness (QED) is 0.503. The molecule has 0 aliphatic heterocycles. The third-order valence-electron chi connectivity index (χ3n) is 2.14. The first-order valence-corrected chi connectivity index (χ1v) is 5.86. The zero-order chi connectivity index (χ0) is 14.1. The van der Waals surface area contributed by atoms with Crippen LogP contribution in [0.2, 0.25) is 0 Å². The van der Waals surface area contributed by atoms with Crippen LogP contribution in [0, 0.1) is 6.42 Å². The molecule has 2 N–H and O–H groups in total. The van der Waals surface area contributed by atoms with E-state index in [4.69, 9.17) is 21.8 Å². The monoisotopic (exact) mass is 334 g/mol. The minimum atomic E-state index is -1.23. The van der Waals surface area contributed by atoms with Crippen LogP contribution in [-0.4, -0.2) is 27.5 Å². The third kappa shape index (κ3) is 7.88. The number of carboxylic acids is 2. The van der Waals surface area contributed by atoms with Crippen LogP contribution >= 0.6 is 11.6 Å². The average Bonchev–Trinajstić information content (AvgIpc) is 2.38. The Kier molecular flexibility index (Phi) is 11.6. The van der Waals surface area contributed by atoms with Gasteiger partial charge < -0.3 is 16.6 Å². The van der Waals surface area contributed by atoms with Crippen LogP contribution in [0.15, 0.2) is 24.3 Å². The first-order valence-electron chi connectivity index (χ1n) is 5.43. The minimum Gasteiger partial charge on any atom is -0.478 e. The molecule has 0 saturated carbocycles. The van der Waals surface area contributed by atoms with Crippen molar-refractivity contribution in [3.8, 4) is 0 Å². The Balaban J connectivity index is 0. The van der Waals surface area contributed by atoms with Crippen molar-refractivity contribution in [1.29, 1.82) is 0 Å². The SMILES string of the molecule is C[CH-]C(Cl)CC.O=C(O)c1ccccc1C(=O)O.[Cu+]. The van der Waals surface area contributed by atoms with Gasteiger partial charge in [-0.2, -0.15) is 18.5 Å². The van der Waals surface area contributed by atoms with E-state index < -0.39 is 11.9 Å². The van der Waals surface area contributed by atoms with Gasteiger partial charge in [-0.05, 0) is 12.1 Å². The Labute approximate surface area is 128 Å². The summed E-state index contributed by atoms with van der Waals surface area (Å²) in [5, 5.41) is 17.4. The van der Waals surface area contributed by atoms with Gasteiger partial charge in [0, 0.05) is 0 Å². The number of hydrogen-bond donors (Lipinski definition) is 2. The van der Waals surface area contributed by atoms with Crippen LogP contribution in [0.3, 0.4) is 0 Å². The van der Waals surface area contributed by atoms with E-state index in [1.54, 1.807) is 0 Å². The second-order valence-electron chi connectivity index (χ2n) is 3.41. The van der Waals surface area contributed by atoms with E-state index in [9.17, 15) is 9.59 Å². The van der Waals surface area contributed by atoms with Crippen LogP contribution in [0.5, 0.6) is 0 Å². The van der Waals surface area contributed by atoms with Crippen molar-refractivity contribution in [2.45, 2.75) is 25.6 Å². The molecule has 0 amide bonds. The predicted molar refractivity (Wildman–Crippen MR) is 70.3 cm³/mol. The Morgan fingerprint density at radius 3 is 1.74 bits per heavy atom. The number of hydrogen-bond acceptors (Lipinski definition) is 2. The number of rotatable bonds is 4. The number of alkyl halides is 1. The van der Waals surface area contributed by atoms with E-state index >= 15 is 0 Å². The number of aromatic carboxylic acids is 2. The van der Waals surface area contributed by atoms with E-state index in [2.05, 4.69) is 6.92 Å². The molecule has 1 atom stereocenters. The van der Waals surface area contributed by atoms with Crippen LogP contribution in [0.1, 0.15) is 41.0 Å². The van der Waals surface area contributed by atoms with E-state index in [1.165, 1.54) is 24.3 Å². The molecule has 1 rings (SSSR count). The van der Waals surface area contributed by atoms with Crippen LogP contribution in [0.25, 0.3) is 0 Å². The van der Waals surface area contributed by atoms with Gasteiger partial charge in [-0.15, -0.1) is 0 Å². The van der Waals surface area contributed by atoms with Crippen molar-refractivity contribution >= 4 is 23.5 Å². The smallest absolute Gasteiger partial charge is 0.478 e. The molecule has 0 aliphatic carbocycles. The zero-order valence-electron chi connectivity index (χ0n) is 10.6. The molecular formula is C13H16ClCuO4. The van der Waals surface area contributed by atoms with E-state index in [0.29, 0.717) is 0 Å². The summed E-state index contributed by atoms with van der Waals surface area (Å²) in [7, 11) is 0. The molecule has 0 aromatic heterocycles. The molecule has 0 aliphatic rings. The molecule has 6 heteroatoms. The van der Waals surface area contributed by atoms with Crippen molar-refractivity contribution in [2.75, 3.05) is 0 Å². The summed E-state index contributed by atoms with van der Waals surface area (Å²) < 4.78 is 0. The largest absolute Gasteiger partial charge is 1.00 e. The number of benzene rings is 1. The second-order valence-corrected chi connectivity index (χ2v) is 3.97. The topological polar surface area (TPSA) is 74.6 Å². The first kappa shape index (κ1) is 20.3. The second kappa shape index (κ2) is 10.9. The van der Waals surface area contributed by atoms with Gasteiger partial charge >= 0.3 is 29.0 Å². The molecule has 19 heavy (non-hydrogen) atoms. The van der Waals surface area contributed by atoms with E-state index in [-0.39, 0.29) is 33.6 Å². The molecule has 0 heterocycles. The molecule has 0 spiro atoms. The van der Waals surface area contributed by atoms with Gasteiger partial charge in [0.25, 0.3) is 0 Å². The van der Waals surface area contributed by atoms with Crippen LogP contribution in [0.4, 0.5) is 0 Å². The van der Waals surface area contributed by atoms with Crippen molar-refractivity contribution < 1.29 is 36.9 Å².